The standard InChI is InChI=1S/C13H25N3O/c1-11(10-17-5)15-12-14-7-9-16(12)8-6-13(2,3)4/h7,9,11H,6,8,10H2,1-5H3,(H,14,15). The van der Waals surface area contributed by atoms with Crippen LogP contribution in [0.4, 0.5) is 5.95 Å². The Balaban J connectivity index is 2.54. The Morgan fingerprint density at radius 3 is 2.76 bits per heavy atom. The van der Waals surface area contributed by atoms with Crippen molar-refractivity contribution < 1.29 is 4.74 Å². The molecule has 0 aliphatic carbocycles. The fraction of sp³-hybridized carbons (Fsp3) is 0.769. The molecule has 98 valence electrons. The van der Waals surface area contributed by atoms with Crippen LogP contribution in [0.1, 0.15) is 34.1 Å². The highest BCUT2D eigenvalue weighted by Gasteiger charge is 2.12. The Labute approximate surface area is 104 Å². The fourth-order valence-corrected chi connectivity index (χ4v) is 1.60. The number of nitrogens with zero attached hydrogens (tertiary/aromatic N) is 2. The lowest BCUT2D eigenvalue weighted by Gasteiger charge is -2.20. The van der Waals surface area contributed by atoms with Gasteiger partial charge in [0.1, 0.15) is 0 Å². The Kier molecular flexibility index (Phi) is 5.00. The molecule has 1 unspecified atom stereocenters. The van der Waals surface area contributed by atoms with Crippen molar-refractivity contribution in [2.45, 2.75) is 46.7 Å². The second kappa shape index (κ2) is 6.05. The van der Waals surface area contributed by atoms with E-state index in [4.69, 9.17) is 4.74 Å². The van der Waals surface area contributed by atoms with Crippen molar-refractivity contribution in [3.8, 4) is 0 Å². The smallest absolute Gasteiger partial charge is 0.203 e. The summed E-state index contributed by atoms with van der Waals surface area (Å²) in [5.41, 5.74) is 0.347. The molecule has 1 rings (SSSR count). The lowest BCUT2D eigenvalue weighted by molar-refractivity contribution is 0.190. The van der Waals surface area contributed by atoms with Crippen molar-refractivity contribution in [2.24, 2.45) is 5.41 Å². The van der Waals surface area contributed by atoms with Gasteiger partial charge in [-0.05, 0) is 18.8 Å². The van der Waals surface area contributed by atoms with Crippen molar-refractivity contribution >= 4 is 5.95 Å². The summed E-state index contributed by atoms with van der Waals surface area (Å²) in [6.07, 6.45) is 4.99. The Hall–Kier alpha value is -1.03. The minimum Gasteiger partial charge on any atom is -0.383 e. The van der Waals surface area contributed by atoms with E-state index < -0.39 is 0 Å². The van der Waals surface area contributed by atoms with E-state index in [0.29, 0.717) is 12.0 Å². The fourth-order valence-electron chi connectivity index (χ4n) is 1.60. The summed E-state index contributed by atoms with van der Waals surface area (Å²) in [7, 11) is 1.71. The van der Waals surface area contributed by atoms with E-state index in [0.717, 1.165) is 18.9 Å². The third-order valence-corrected chi connectivity index (χ3v) is 2.61. The van der Waals surface area contributed by atoms with E-state index in [1.807, 2.05) is 12.4 Å². The van der Waals surface area contributed by atoms with Gasteiger partial charge >= 0.3 is 0 Å². The SMILES string of the molecule is COCC(C)Nc1nccn1CCC(C)(C)C. The number of aromatic nitrogens is 2. The molecule has 0 fully saturated rings. The van der Waals surface area contributed by atoms with Crippen molar-refractivity contribution in [2.75, 3.05) is 19.0 Å². The second-order valence-corrected chi connectivity index (χ2v) is 5.76. The molecule has 1 atom stereocenters. The quantitative estimate of drug-likeness (QED) is 0.829. The van der Waals surface area contributed by atoms with E-state index in [-0.39, 0.29) is 6.04 Å². The van der Waals surface area contributed by atoms with E-state index in [1.165, 1.54) is 0 Å². The summed E-state index contributed by atoms with van der Waals surface area (Å²) in [6, 6.07) is 0.274. The van der Waals surface area contributed by atoms with Gasteiger partial charge in [-0.15, -0.1) is 0 Å². The highest BCUT2D eigenvalue weighted by atomic mass is 16.5. The largest absolute Gasteiger partial charge is 0.383 e. The molecule has 0 aromatic carbocycles. The minimum absolute atomic E-state index is 0.274. The summed E-state index contributed by atoms with van der Waals surface area (Å²) in [5.74, 6) is 0.929. The molecule has 0 saturated heterocycles. The molecule has 0 aliphatic rings. The third-order valence-electron chi connectivity index (χ3n) is 2.61. The van der Waals surface area contributed by atoms with Gasteiger partial charge in [0.25, 0.3) is 0 Å². The minimum atomic E-state index is 0.274. The number of nitrogens with one attached hydrogen (secondary N) is 1. The Morgan fingerprint density at radius 1 is 1.47 bits per heavy atom. The summed E-state index contributed by atoms with van der Waals surface area (Å²) in [6.45, 7) is 10.5. The summed E-state index contributed by atoms with van der Waals surface area (Å²) < 4.78 is 7.27. The number of hydrogen-bond donors (Lipinski definition) is 1. The molecule has 0 spiro atoms. The first kappa shape index (κ1) is 14.0. The predicted octanol–water partition coefficient (Wildman–Crippen LogP) is 2.77. The highest BCUT2D eigenvalue weighted by Crippen LogP contribution is 2.20. The lowest BCUT2D eigenvalue weighted by Crippen LogP contribution is -2.23. The first-order chi connectivity index (χ1) is 7.92. The average molecular weight is 239 g/mol. The molecule has 17 heavy (non-hydrogen) atoms. The van der Waals surface area contributed by atoms with E-state index in [1.54, 1.807) is 7.11 Å². The molecule has 1 heterocycles. The van der Waals surface area contributed by atoms with Crippen LogP contribution < -0.4 is 5.32 Å². The van der Waals surface area contributed by atoms with Crippen molar-refractivity contribution in [3.63, 3.8) is 0 Å². The molecule has 0 amide bonds. The molecule has 1 N–H and O–H groups in total. The zero-order chi connectivity index (χ0) is 12.9. The van der Waals surface area contributed by atoms with Crippen LogP contribution >= 0.6 is 0 Å². The van der Waals surface area contributed by atoms with E-state index >= 15 is 0 Å². The number of rotatable bonds is 6. The molecule has 0 radical (unpaired) electrons. The molecule has 4 nitrogen and oxygen atoms in total. The number of anilines is 1. The van der Waals surface area contributed by atoms with Gasteiger partial charge in [-0.2, -0.15) is 0 Å². The van der Waals surface area contributed by atoms with Crippen LogP contribution in [0, 0.1) is 5.41 Å². The van der Waals surface area contributed by atoms with Gasteiger partial charge in [0.2, 0.25) is 5.95 Å². The number of hydrogen-bond acceptors (Lipinski definition) is 3. The summed E-state index contributed by atoms with van der Waals surface area (Å²) in [4.78, 5) is 4.34. The average Bonchev–Trinajstić information content (AvgIpc) is 2.61. The van der Waals surface area contributed by atoms with Gasteiger partial charge in [0.15, 0.2) is 0 Å². The first-order valence-electron chi connectivity index (χ1n) is 6.19. The van der Waals surface area contributed by atoms with E-state index in [2.05, 4.69) is 42.6 Å². The molecule has 0 aliphatic heterocycles. The molecule has 1 aromatic rings. The molecular formula is C13H25N3O. The van der Waals surface area contributed by atoms with Crippen LogP contribution in [-0.4, -0.2) is 29.3 Å². The van der Waals surface area contributed by atoms with Crippen molar-refractivity contribution in [3.05, 3.63) is 12.4 Å². The van der Waals surface area contributed by atoms with Crippen molar-refractivity contribution in [1.29, 1.82) is 0 Å². The molecule has 0 saturated carbocycles. The third kappa shape index (κ3) is 5.22. The zero-order valence-electron chi connectivity index (χ0n) is 11.7. The maximum atomic E-state index is 5.11. The van der Waals surface area contributed by atoms with Crippen LogP contribution in [0.3, 0.4) is 0 Å². The topological polar surface area (TPSA) is 39.1 Å². The predicted molar refractivity (Wildman–Crippen MR) is 71.3 cm³/mol. The maximum Gasteiger partial charge on any atom is 0.203 e. The monoisotopic (exact) mass is 239 g/mol. The lowest BCUT2D eigenvalue weighted by atomic mass is 9.92. The Morgan fingerprint density at radius 2 is 2.18 bits per heavy atom. The van der Waals surface area contributed by atoms with Gasteiger partial charge in [0, 0.05) is 32.1 Å². The van der Waals surface area contributed by atoms with Crippen LogP contribution in [0.25, 0.3) is 0 Å². The van der Waals surface area contributed by atoms with Crippen LogP contribution in [0.15, 0.2) is 12.4 Å². The Bertz CT molecular complexity index is 328. The highest BCUT2D eigenvalue weighted by molar-refractivity contribution is 5.27. The number of aryl methyl sites for hydroxylation is 1. The van der Waals surface area contributed by atoms with Gasteiger partial charge in [-0.1, -0.05) is 20.8 Å². The zero-order valence-corrected chi connectivity index (χ0v) is 11.7. The van der Waals surface area contributed by atoms with Gasteiger partial charge in [-0.3, -0.25) is 0 Å². The molecule has 4 heteroatoms. The van der Waals surface area contributed by atoms with Crippen molar-refractivity contribution in [1.82, 2.24) is 9.55 Å². The summed E-state index contributed by atoms with van der Waals surface area (Å²) in [5, 5.41) is 3.35. The number of imidazole rings is 1. The molecular weight excluding hydrogens is 214 g/mol. The maximum absolute atomic E-state index is 5.11. The van der Waals surface area contributed by atoms with Gasteiger partial charge < -0.3 is 14.6 Å². The van der Waals surface area contributed by atoms with Crippen LogP contribution in [0.5, 0.6) is 0 Å². The second-order valence-electron chi connectivity index (χ2n) is 5.76. The molecule has 0 bridgehead atoms. The number of methoxy groups -OCH3 is 1. The first-order valence-corrected chi connectivity index (χ1v) is 6.19. The van der Waals surface area contributed by atoms with Gasteiger partial charge in [0.05, 0.1) is 6.61 Å². The number of ether oxygens (including phenoxy) is 1. The van der Waals surface area contributed by atoms with Crippen LogP contribution in [0.2, 0.25) is 0 Å². The normalized spacial score (nSPS) is 13.7. The van der Waals surface area contributed by atoms with Gasteiger partial charge in [-0.25, -0.2) is 4.98 Å². The molecule has 1 aromatic heterocycles. The van der Waals surface area contributed by atoms with E-state index in [9.17, 15) is 0 Å². The summed E-state index contributed by atoms with van der Waals surface area (Å²) >= 11 is 0. The van der Waals surface area contributed by atoms with Crippen LogP contribution in [-0.2, 0) is 11.3 Å².